The van der Waals surface area contributed by atoms with Crippen molar-refractivity contribution >= 4 is 0 Å². The molecule has 0 unspecified atom stereocenters. The Labute approximate surface area is 117 Å². The van der Waals surface area contributed by atoms with E-state index in [1.807, 2.05) is 0 Å². The van der Waals surface area contributed by atoms with Crippen molar-refractivity contribution in [1.82, 2.24) is 10.2 Å². The number of nitrogens with zero attached hydrogens (tertiary/aromatic N) is 1. The average molecular weight is 270 g/mol. The molecule has 4 nitrogen and oxygen atoms in total. The van der Waals surface area contributed by atoms with E-state index in [-0.39, 0.29) is 0 Å². The standard InChI is InChI=1S/C15H30N2O2/c1-3-16-13-4-6-14(7-5-13)17(2)12-15(18)8-10-19-11-9-15/h13-14,16,18H,3-12H2,1-2H3. The molecule has 0 aromatic heterocycles. The Morgan fingerprint density at radius 3 is 2.42 bits per heavy atom. The lowest BCUT2D eigenvalue weighted by molar-refractivity contribution is -0.0831. The fraction of sp³-hybridized carbons (Fsp3) is 1.00. The summed E-state index contributed by atoms with van der Waals surface area (Å²) in [5.41, 5.74) is -0.522. The van der Waals surface area contributed by atoms with Crippen LogP contribution in [0.15, 0.2) is 0 Å². The molecule has 0 aromatic rings. The van der Waals surface area contributed by atoms with E-state index in [0.29, 0.717) is 25.3 Å². The number of nitrogens with one attached hydrogen (secondary N) is 1. The summed E-state index contributed by atoms with van der Waals surface area (Å²) in [5, 5.41) is 14.1. The molecule has 0 radical (unpaired) electrons. The highest BCUT2D eigenvalue weighted by Gasteiger charge is 2.33. The van der Waals surface area contributed by atoms with Crippen molar-refractivity contribution in [2.45, 2.75) is 63.1 Å². The van der Waals surface area contributed by atoms with Crippen molar-refractivity contribution in [3.63, 3.8) is 0 Å². The molecule has 4 heteroatoms. The number of ether oxygens (including phenoxy) is 1. The van der Waals surface area contributed by atoms with E-state index in [1.165, 1.54) is 25.7 Å². The van der Waals surface area contributed by atoms with E-state index < -0.39 is 5.60 Å². The van der Waals surface area contributed by atoms with Gasteiger partial charge in [0.25, 0.3) is 0 Å². The highest BCUT2D eigenvalue weighted by Crippen LogP contribution is 2.26. The number of likely N-dealkylation sites (N-methyl/N-ethyl adjacent to an activating group) is 1. The van der Waals surface area contributed by atoms with Crippen molar-refractivity contribution < 1.29 is 9.84 Å². The summed E-state index contributed by atoms with van der Waals surface area (Å²) in [6, 6.07) is 1.35. The van der Waals surface area contributed by atoms with Crippen LogP contribution in [0.4, 0.5) is 0 Å². The molecule has 1 saturated carbocycles. The van der Waals surface area contributed by atoms with Gasteiger partial charge < -0.3 is 20.1 Å². The van der Waals surface area contributed by atoms with Gasteiger partial charge in [-0.2, -0.15) is 0 Å². The first kappa shape index (κ1) is 15.2. The molecule has 0 bridgehead atoms. The van der Waals surface area contributed by atoms with E-state index in [1.54, 1.807) is 0 Å². The van der Waals surface area contributed by atoms with Gasteiger partial charge in [-0.3, -0.25) is 0 Å². The molecule has 1 heterocycles. The van der Waals surface area contributed by atoms with Crippen LogP contribution >= 0.6 is 0 Å². The van der Waals surface area contributed by atoms with Crippen molar-refractivity contribution in [2.75, 3.05) is 33.4 Å². The molecule has 0 atom stereocenters. The molecule has 1 saturated heterocycles. The fourth-order valence-corrected chi connectivity index (χ4v) is 3.51. The summed E-state index contributed by atoms with van der Waals surface area (Å²) in [6.45, 7) is 5.46. The molecule has 0 spiro atoms. The molecule has 2 fully saturated rings. The van der Waals surface area contributed by atoms with Crippen LogP contribution in [-0.2, 0) is 4.74 Å². The van der Waals surface area contributed by atoms with Gasteiger partial charge in [0.15, 0.2) is 0 Å². The average Bonchev–Trinajstić information content (AvgIpc) is 2.40. The molecular formula is C15H30N2O2. The molecule has 2 aliphatic rings. The summed E-state index contributed by atoms with van der Waals surface area (Å²) in [5.74, 6) is 0. The van der Waals surface area contributed by atoms with Crippen molar-refractivity contribution in [3.05, 3.63) is 0 Å². The minimum absolute atomic E-state index is 0.522. The van der Waals surface area contributed by atoms with Crippen LogP contribution in [0.3, 0.4) is 0 Å². The zero-order valence-electron chi connectivity index (χ0n) is 12.5. The SMILES string of the molecule is CCNC1CCC(N(C)CC2(O)CCOCC2)CC1. The number of aliphatic hydroxyl groups is 1. The highest BCUT2D eigenvalue weighted by atomic mass is 16.5. The molecule has 112 valence electrons. The number of rotatable bonds is 5. The van der Waals surface area contributed by atoms with E-state index in [0.717, 1.165) is 25.9 Å². The normalized spacial score (nSPS) is 31.6. The highest BCUT2D eigenvalue weighted by molar-refractivity contribution is 4.88. The van der Waals surface area contributed by atoms with Crippen molar-refractivity contribution in [1.29, 1.82) is 0 Å². The molecule has 2 rings (SSSR count). The maximum Gasteiger partial charge on any atom is 0.0817 e. The number of hydrogen-bond acceptors (Lipinski definition) is 4. The molecule has 0 aromatic carbocycles. The maximum atomic E-state index is 10.6. The summed E-state index contributed by atoms with van der Waals surface area (Å²) in [4.78, 5) is 2.38. The van der Waals surface area contributed by atoms with Crippen LogP contribution in [0.25, 0.3) is 0 Å². The van der Waals surface area contributed by atoms with Crippen LogP contribution in [0.2, 0.25) is 0 Å². The first-order valence-electron chi connectivity index (χ1n) is 7.87. The topological polar surface area (TPSA) is 44.7 Å². The molecule has 2 N–H and O–H groups in total. The lowest BCUT2D eigenvalue weighted by Gasteiger charge is -2.40. The Balaban J connectivity index is 1.76. The third-order valence-electron chi connectivity index (χ3n) is 4.78. The lowest BCUT2D eigenvalue weighted by Crippen LogP contribution is -2.50. The Kier molecular flexibility index (Phi) is 5.63. The Morgan fingerprint density at radius 1 is 1.21 bits per heavy atom. The van der Waals surface area contributed by atoms with E-state index in [2.05, 4.69) is 24.2 Å². The molecular weight excluding hydrogens is 240 g/mol. The Morgan fingerprint density at radius 2 is 1.84 bits per heavy atom. The summed E-state index contributed by atoms with van der Waals surface area (Å²) in [7, 11) is 2.17. The zero-order chi connectivity index (χ0) is 13.7. The minimum atomic E-state index is -0.522. The van der Waals surface area contributed by atoms with Gasteiger partial charge in [0.2, 0.25) is 0 Å². The van der Waals surface area contributed by atoms with Gasteiger partial charge in [-0.15, -0.1) is 0 Å². The predicted octanol–water partition coefficient (Wildman–Crippen LogP) is 1.38. The number of hydrogen-bond donors (Lipinski definition) is 2. The van der Waals surface area contributed by atoms with E-state index in [4.69, 9.17) is 4.74 Å². The van der Waals surface area contributed by atoms with Crippen LogP contribution in [0, 0.1) is 0 Å². The monoisotopic (exact) mass is 270 g/mol. The van der Waals surface area contributed by atoms with Crippen LogP contribution in [0.1, 0.15) is 45.4 Å². The summed E-state index contributed by atoms with van der Waals surface area (Å²) in [6.07, 6.45) is 6.60. The maximum absolute atomic E-state index is 10.6. The zero-order valence-corrected chi connectivity index (χ0v) is 12.5. The molecule has 1 aliphatic carbocycles. The Hall–Kier alpha value is -0.160. The first-order valence-corrected chi connectivity index (χ1v) is 7.87. The second-order valence-electron chi connectivity index (χ2n) is 6.31. The predicted molar refractivity (Wildman–Crippen MR) is 77.4 cm³/mol. The second-order valence-corrected chi connectivity index (χ2v) is 6.31. The van der Waals surface area contributed by atoms with Crippen LogP contribution in [-0.4, -0.2) is 61.0 Å². The third-order valence-corrected chi connectivity index (χ3v) is 4.78. The molecule has 1 aliphatic heterocycles. The second kappa shape index (κ2) is 7.02. The smallest absolute Gasteiger partial charge is 0.0817 e. The van der Waals surface area contributed by atoms with Crippen molar-refractivity contribution in [3.8, 4) is 0 Å². The van der Waals surface area contributed by atoms with Gasteiger partial charge in [0.05, 0.1) is 5.60 Å². The van der Waals surface area contributed by atoms with Crippen LogP contribution < -0.4 is 5.32 Å². The van der Waals surface area contributed by atoms with Gasteiger partial charge in [-0.1, -0.05) is 6.92 Å². The van der Waals surface area contributed by atoms with Crippen LogP contribution in [0.5, 0.6) is 0 Å². The van der Waals surface area contributed by atoms with E-state index in [9.17, 15) is 5.11 Å². The van der Waals surface area contributed by atoms with Gasteiger partial charge in [-0.25, -0.2) is 0 Å². The van der Waals surface area contributed by atoms with Gasteiger partial charge >= 0.3 is 0 Å². The van der Waals surface area contributed by atoms with Gasteiger partial charge in [0.1, 0.15) is 0 Å². The fourth-order valence-electron chi connectivity index (χ4n) is 3.51. The third kappa shape index (κ3) is 4.42. The summed E-state index contributed by atoms with van der Waals surface area (Å²) >= 11 is 0. The molecule has 0 amide bonds. The van der Waals surface area contributed by atoms with Gasteiger partial charge in [-0.05, 0) is 39.3 Å². The minimum Gasteiger partial charge on any atom is -0.388 e. The molecule has 19 heavy (non-hydrogen) atoms. The van der Waals surface area contributed by atoms with Gasteiger partial charge in [0, 0.05) is 44.7 Å². The van der Waals surface area contributed by atoms with Crippen molar-refractivity contribution in [2.24, 2.45) is 0 Å². The van der Waals surface area contributed by atoms with E-state index >= 15 is 0 Å². The first-order chi connectivity index (χ1) is 9.13. The largest absolute Gasteiger partial charge is 0.388 e. The summed E-state index contributed by atoms with van der Waals surface area (Å²) < 4.78 is 5.35. The Bertz CT molecular complexity index is 259. The quantitative estimate of drug-likeness (QED) is 0.792. The lowest BCUT2D eigenvalue weighted by atomic mass is 9.88.